The Bertz CT molecular complexity index is 1410. The Labute approximate surface area is 219 Å². The third-order valence-electron chi connectivity index (χ3n) is 7.42. The van der Waals surface area contributed by atoms with E-state index in [0.717, 1.165) is 51.2 Å². The van der Waals surface area contributed by atoms with Crippen LogP contribution in [0.2, 0.25) is 0 Å². The normalized spacial score (nSPS) is 14.7. The monoisotopic (exact) mass is 486 g/mol. The molecule has 1 aliphatic rings. The number of hydrogen-bond donors (Lipinski definition) is 0. The van der Waals surface area contributed by atoms with Crippen LogP contribution in [0, 0.1) is 0 Å². The Hall–Kier alpha value is -3.89. The lowest BCUT2D eigenvalue weighted by atomic mass is 10.0. The van der Waals surface area contributed by atoms with E-state index in [0.29, 0.717) is 6.04 Å². The molecule has 37 heavy (non-hydrogen) atoms. The van der Waals surface area contributed by atoms with Gasteiger partial charge in [-0.15, -0.1) is 0 Å². The minimum atomic E-state index is 0.327. The summed E-state index contributed by atoms with van der Waals surface area (Å²) in [5.74, 6) is 0. The summed E-state index contributed by atoms with van der Waals surface area (Å²) < 4.78 is 4.84. The van der Waals surface area contributed by atoms with Gasteiger partial charge in [-0.2, -0.15) is 0 Å². The van der Waals surface area contributed by atoms with Gasteiger partial charge in [0, 0.05) is 19.6 Å². The van der Waals surface area contributed by atoms with Crippen LogP contribution in [0.5, 0.6) is 0 Å². The number of piperidine rings is 1. The summed E-state index contributed by atoms with van der Waals surface area (Å²) in [5, 5.41) is 0. The lowest BCUT2D eigenvalue weighted by Gasteiger charge is -2.30. The minimum Gasteiger partial charge on any atom is -0.306 e. The molecule has 0 spiro atoms. The Balaban J connectivity index is 1.36. The van der Waals surface area contributed by atoms with Crippen molar-refractivity contribution in [2.45, 2.75) is 38.5 Å². The van der Waals surface area contributed by atoms with Crippen LogP contribution in [-0.4, -0.2) is 33.2 Å². The molecule has 2 heterocycles. The Kier molecular flexibility index (Phi) is 7.00. The first-order chi connectivity index (χ1) is 18.3. The van der Waals surface area contributed by atoms with Crippen molar-refractivity contribution in [2.24, 2.45) is 4.99 Å². The molecule has 0 N–H and O–H groups in total. The second-order valence-electron chi connectivity index (χ2n) is 10.1. The highest BCUT2D eigenvalue weighted by molar-refractivity contribution is 5.76. The molecule has 4 aromatic carbocycles. The molecule has 0 aliphatic carbocycles. The largest absolute Gasteiger partial charge is 0.306 e. The van der Waals surface area contributed by atoms with Gasteiger partial charge in [0.05, 0.1) is 30.2 Å². The molecule has 4 nitrogen and oxygen atoms in total. The first-order valence-corrected chi connectivity index (χ1v) is 13.4. The first kappa shape index (κ1) is 23.5. The van der Waals surface area contributed by atoms with Crippen LogP contribution in [0.3, 0.4) is 0 Å². The van der Waals surface area contributed by atoms with E-state index in [1.165, 1.54) is 27.7 Å². The van der Waals surface area contributed by atoms with Crippen molar-refractivity contribution in [3.63, 3.8) is 0 Å². The fourth-order valence-corrected chi connectivity index (χ4v) is 5.48. The van der Waals surface area contributed by atoms with Gasteiger partial charge in [0.15, 0.2) is 0 Å². The van der Waals surface area contributed by atoms with E-state index in [4.69, 9.17) is 4.99 Å². The van der Waals surface area contributed by atoms with E-state index in [1.807, 2.05) is 0 Å². The summed E-state index contributed by atoms with van der Waals surface area (Å²) in [4.78, 5) is 8.06. The number of aromatic nitrogens is 2. The number of fused-ring (bicyclic) bond motifs is 1. The molecule has 0 saturated carbocycles. The van der Waals surface area contributed by atoms with Crippen LogP contribution in [0.1, 0.15) is 29.5 Å². The van der Waals surface area contributed by atoms with Crippen LogP contribution in [0.4, 0.5) is 0 Å². The molecule has 0 unspecified atom stereocenters. The molecule has 1 fully saturated rings. The molecule has 0 amide bonds. The number of likely N-dealkylation sites (tertiary alicyclic amines) is 1. The number of imidazole rings is 1. The van der Waals surface area contributed by atoms with Gasteiger partial charge in [0.1, 0.15) is 0 Å². The lowest BCUT2D eigenvalue weighted by Crippen LogP contribution is -2.37. The third-order valence-corrected chi connectivity index (χ3v) is 7.42. The van der Waals surface area contributed by atoms with E-state index >= 15 is 0 Å². The summed E-state index contributed by atoms with van der Waals surface area (Å²) in [5.41, 5.74) is 7.54. The summed E-state index contributed by atoms with van der Waals surface area (Å²) >= 11 is 0. The Morgan fingerprint density at radius 2 is 0.919 bits per heavy atom. The van der Waals surface area contributed by atoms with Gasteiger partial charge in [0.25, 0.3) is 0 Å². The molecular formula is C33H34N4. The molecule has 1 aliphatic heterocycles. The maximum absolute atomic E-state index is 5.49. The van der Waals surface area contributed by atoms with Crippen molar-refractivity contribution >= 4 is 11.0 Å². The fraction of sp³-hybridized carbons (Fsp3) is 0.242. The molecule has 0 atom stereocenters. The maximum atomic E-state index is 5.49. The average Bonchev–Trinajstić information content (AvgIpc) is 3.23. The zero-order valence-corrected chi connectivity index (χ0v) is 21.3. The topological polar surface area (TPSA) is 25.5 Å². The van der Waals surface area contributed by atoms with Crippen molar-refractivity contribution in [3.05, 3.63) is 138 Å². The predicted octanol–water partition coefficient (Wildman–Crippen LogP) is 6.10. The standard InChI is InChI=1S/C33H34N4/c1-4-12-27(13-5-1)24-35-22-20-30(21-23-35)34-33-36(25-28-14-6-2-7-15-28)31-18-10-11-19-32(31)37(33)26-29-16-8-3-9-17-29/h1-19,30H,20-26H2. The van der Waals surface area contributed by atoms with Crippen LogP contribution in [0.15, 0.2) is 120 Å². The number of para-hydroxylation sites is 2. The van der Waals surface area contributed by atoms with Crippen molar-refractivity contribution < 1.29 is 0 Å². The maximum Gasteiger partial charge on any atom is 0.206 e. The number of rotatable bonds is 7. The quantitative estimate of drug-likeness (QED) is 0.273. The van der Waals surface area contributed by atoms with E-state index < -0.39 is 0 Å². The number of hydrogen-bond acceptors (Lipinski definition) is 2. The molecule has 6 rings (SSSR count). The number of nitrogens with zero attached hydrogens (tertiary/aromatic N) is 4. The SMILES string of the molecule is c1ccc(CN2CCC(N=c3n(Cc4ccccc4)c4ccccc4n3Cc3ccccc3)CC2)cc1. The van der Waals surface area contributed by atoms with Crippen molar-refractivity contribution in [1.82, 2.24) is 14.0 Å². The smallest absolute Gasteiger partial charge is 0.206 e. The van der Waals surface area contributed by atoms with Gasteiger partial charge in [-0.25, -0.2) is 4.99 Å². The predicted molar refractivity (Wildman–Crippen MR) is 151 cm³/mol. The highest BCUT2D eigenvalue weighted by Gasteiger charge is 2.20. The Morgan fingerprint density at radius 3 is 1.38 bits per heavy atom. The fourth-order valence-electron chi connectivity index (χ4n) is 5.48. The average molecular weight is 487 g/mol. The van der Waals surface area contributed by atoms with E-state index in [-0.39, 0.29) is 0 Å². The Morgan fingerprint density at radius 1 is 0.514 bits per heavy atom. The summed E-state index contributed by atoms with van der Waals surface area (Å²) in [6, 6.07) is 41.4. The van der Waals surface area contributed by atoms with Crippen molar-refractivity contribution in [2.75, 3.05) is 13.1 Å². The van der Waals surface area contributed by atoms with Gasteiger partial charge in [-0.05, 0) is 41.7 Å². The second-order valence-corrected chi connectivity index (χ2v) is 10.1. The van der Waals surface area contributed by atoms with Crippen LogP contribution < -0.4 is 5.62 Å². The molecule has 4 heteroatoms. The molecule has 5 aromatic rings. The zero-order valence-electron chi connectivity index (χ0n) is 21.3. The van der Waals surface area contributed by atoms with Gasteiger partial charge in [0.2, 0.25) is 5.62 Å². The summed E-state index contributed by atoms with van der Waals surface area (Å²) in [7, 11) is 0. The second kappa shape index (κ2) is 11.0. The van der Waals surface area contributed by atoms with Crippen LogP contribution in [0.25, 0.3) is 11.0 Å². The number of benzene rings is 4. The first-order valence-electron chi connectivity index (χ1n) is 13.4. The van der Waals surface area contributed by atoms with Gasteiger partial charge in [-0.3, -0.25) is 4.90 Å². The van der Waals surface area contributed by atoms with E-state index in [2.05, 4.69) is 129 Å². The zero-order chi connectivity index (χ0) is 24.9. The molecular weight excluding hydrogens is 452 g/mol. The van der Waals surface area contributed by atoms with E-state index in [9.17, 15) is 0 Å². The molecule has 1 aromatic heterocycles. The minimum absolute atomic E-state index is 0.327. The lowest BCUT2D eigenvalue weighted by molar-refractivity contribution is 0.204. The molecule has 0 bridgehead atoms. The van der Waals surface area contributed by atoms with E-state index in [1.54, 1.807) is 0 Å². The highest BCUT2D eigenvalue weighted by atomic mass is 15.2. The van der Waals surface area contributed by atoms with Gasteiger partial charge in [-0.1, -0.05) is 103 Å². The highest BCUT2D eigenvalue weighted by Crippen LogP contribution is 2.19. The van der Waals surface area contributed by atoms with Gasteiger partial charge >= 0.3 is 0 Å². The third kappa shape index (κ3) is 5.45. The summed E-state index contributed by atoms with van der Waals surface area (Å²) in [6.07, 6.45) is 2.18. The molecule has 1 saturated heterocycles. The van der Waals surface area contributed by atoms with Crippen molar-refractivity contribution in [1.29, 1.82) is 0 Å². The van der Waals surface area contributed by atoms with Crippen LogP contribution >= 0.6 is 0 Å². The molecule has 186 valence electrons. The van der Waals surface area contributed by atoms with Gasteiger partial charge < -0.3 is 9.13 Å². The van der Waals surface area contributed by atoms with Crippen LogP contribution in [-0.2, 0) is 19.6 Å². The molecule has 0 radical (unpaired) electrons. The van der Waals surface area contributed by atoms with Crippen molar-refractivity contribution in [3.8, 4) is 0 Å². The summed E-state index contributed by atoms with van der Waals surface area (Å²) in [6.45, 7) is 4.82.